The average Bonchev–Trinajstić information content (AvgIpc) is 3.03. The fraction of sp³-hybridized carbons (Fsp3) is 0.158. The first-order valence-electron chi connectivity index (χ1n) is 8.00. The molecule has 0 N–H and O–H groups in total. The van der Waals surface area contributed by atoms with Gasteiger partial charge in [0.25, 0.3) is 11.6 Å². The van der Waals surface area contributed by atoms with Gasteiger partial charge in [-0.25, -0.2) is 0 Å². The molecular formula is C19H15N3O5S. The van der Waals surface area contributed by atoms with Crippen LogP contribution >= 0.6 is 11.3 Å². The second kappa shape index (κ2) is 7.94. The summed E-state index contributed by atoms with van der Waals surface area (Å²) in [7, 11) is 2.96. The van der Waals surface area contributed by atoms with E-state index in [0.29, 0.717) is 26.5 Å². The quantitative estimate of drug-likeness (QED) is 0.375. The highest BCUT2D eigenvalue weighted by Crippen LogP contribution is 2.26. The van der Waals surface area contributed by atoms with E-state index in [-0.39, 0.29) is 17.8 Å². The SMILES string of the molecule is C#CCn1c(=NC(=O)c2ccc(OC)cc2OC)sc2cc([N+](=O)[O-])ccc21. The minimum atomic E-state index is -0.522. The molecule has 0 radical (unpaired) electrons. The van der Waals surface area contributed by atoms with Gasteiger partial charge in [0.15, 0.2) is 4.80 Å². The van der Waals surface area contributed by atoms with E-state index in [4.69, 9.17) is 15.9 Å². The lowest BCUT2D eigenvalue weighted by molar-refractivity contribution is -0.384. The summed E-state index contributed by atoms with van der Waals surface area (Å²) in [6, 6.07) is 9.21. The minimum absolute atomic E-state index is 0.0451. The Kier molecular flexibility index (Phi) is 5.42. The highest BCUT2D eigenvalue weighted by Gasteiger charge is 2.15. The predicted molar refractivity (Wildman–Crippen MR) is 105 cm³/mol. The molecule has 2 aromatic carbocycles. The maximum absolute atomic E-state index is 12.7. The first kappa shape index (κ1) is 19.1. The first-order chi connectivity index (χ1) is 13.5. The van der Waals surface area contributed by atoms with Crippen molar-refractivity contribution in [3.8, 4) is 23.8 Å². The van der Waals surface area contributed by atoms with Gasteiger partial charge in [0.05, 0.1) is 41.5 Å². The van der Waals surface area contributed by atoms with Crippen LogP contribution in [0, 0.1) is 22.5 Å². The third kappa shape index (κ3) is 3.58. The molecule has 142 valence electrons. The van der Waals surface area contributed by atoms with Crippen LogP contribution in [0.3, 0.4) is 0 Å². The van der Waals surface area contributed by atoms with Crippen LogP contribution in [0.25, 0.3) is 10.2 Å². The molecule has 3 rings (SSSR count). The number of rotatable bonds is 5. The Labute approximate surface area is 163 Å². The van der Waals surface area contributed by atoms with Gasteiger partial charge in [-0.3, -0.25) is 14.9 Å². The molecule has 8 nitrogen and oxygen atoms in total. The fourth-order valence-corrected chi connectivity index (χ4v) is 3.69. The molecular weight excluding hydrogens is 382 g/mol. The molecule has 0 saturated carbocycles. The van der Waals surface area contributed by atoms with Crippen molar-refractivity contribution in [2.75, 3.05) is 14.2 Å². The van der Waals surface area contributed by atoms with Crippen LogP contribution in [-0.4, -0.2) is 29.6 Å². The van der Waals surface area contributed by atoms with E-state index in [9.17, 15) is 14.9 Å². The number of terminal acetylenes is 1. The molecule has 0 fully saturated rings. The van der Waals surface area contributed by atoms with Gasteiger partial charge in [0, 0.05) is 18.2 Å². The molecule has 0 spiro atoms. The number of thiazole rings is 1. The van der Waals surface area contributed by atoms with E-state index in [2.05, 4.69) is 10.9 Å². The molecule has 0 atom stereocenters. The van der Waals surface area contributed by atoms with Crippen LogP contribution in [-0.2, 0) is 6.54 Å². The highest BCUT2D eigenvalue weighted by atomic mass is 32.1. The Balaban J connectivity index is 2.15. The van der Waals surface area contributed by atoms with Crippen molar-refractivity contribution in [3.63, 3.8) is 0 Å². The zero-order valence-electron chi connectivity index (χ0n) is 15.0. The second-order valence-electron chi connectivity index (χ2n) is 5.57. The van der Waals surface area contributed by atoms with Gasteiger partial charge in [0.1, 0.15) is 11.5 Å². The van der Waals surface area contributed by atoms with E-state index >= 15 is 0 Å². The number of methoxy groups -OCH3 is 2. The lowest BCUT2D eigenvalue weighted by atomic mass is 10.2. The van der Waals surface area contributed by atoms with Gasteiger partial charge >= 0.3 is 0 Å². The number of hydrogen-bond acceptors (Lipinski definition) is 6. The summed E-state index contributed by atoms with van der Waals surface area (Å²) in [6.45, 7) is 0.170. The number of nitro benzene ring substituents is 1. The van der Waals surface area contributed by atoms with E-state index < -0.39 is 10.8 Å². The van der Waals surface area contributed by atoms with Crippen LogP contribution in [0.4, 0.5) is 5.69 Å². The molecule has 0 aliphatic heterocycles. The molecule has 0 aliphatic carbocycles. The number of benzene rings is 2. The van der Waals surface area contributed by atoms with Gasteiger partial charge in [-0.05, 0) is 18.2 Å². The second-order valence-corrected chi connectivity index (χ2v) is 6.58. The van der Waals surface area contributed by atoms with Gasteiger partial charge in [0.2, 0.25) is 0 Å². The smallest absolute Gasteiger partial charge is 0.283 e. The highest BCUT2D eigenvalue weighted by molar-refractivity contribution is 7.16. The Morgan fingerprint density at radius 2 is 2.07 bits per heavy atom. The van der Waals surface area contributed by atoms with Crippen LogP contribution < -0.4 is 14.3 Å². The molecule has 9 heteroatoms. The van der Waals surface area contributed by atoms with Crippen molar-refractivity contribution in [1.29, 1.82) is 0 Å². The number of fused-ring (bicyclic) bond motifs is 1. The van der Waals surface area contributed by atoms with Gasteiger partial charge < -0.3 is 14.0 Å². The van der Waals surface area contributed by atoms with Crippen molar-refractivity contribution in [2.45, 2.75) is 6.54 Å². The Morgan fingerprint density at radius 1 is 1.29 bits per heavy atom. The number of ether oxygens (including phenoxy) is 2. The summed E-state index contributed by atoms with van der Waals surface area (Å²) in [4.78, 5) is 27.8. The molecule has 0 unspecified atom stereocenters. The Bertz CT molecular complexity index is 1190. The van der Waals surface area contributed by atoms with E-state index in [0.717, 1.165) is 11.3 Å². The van der Waals surface area contributed by atoms with E-state index in [1.54, 1.807) is 28.8 Å². The topological polar surface area (TPSA) is 96.0 Å². The number of carbonyl (C=O) groups excluding carboxylic acids is 1. The summed E-state index contributed by atoms with van der Waals surface area (Å²) >= 11 is 1.15. The summed E-state index contributed by atoms with van der Waals surface area (Å²) in [5, 5.41) is 11.0. The van der Waals surface area contributed by atoms with Crippen molar-refractivity contribution >= 4 is 33.1 Å². The lowest BCUT2D eigenvalue weighted by Crippen LogP contribution is -2.16. The van der Waals surface area contributed by atoms with Crippen molar-refractivity contribution < 1.29 is 19.2 Å². The number of amides is 1. The Hall–Kier alpha value is -3.64. The third-order valence-electron chi connectivity index (χ3n) is 3.96. The third-order valence-corrected chi connectivity index (χ3v) is 5.00. The van der Waals surface area contributed by atoms with E-state index in [1.807, 2.05) is 0 Å². The van der Waals surface area contributed by atoms with Gasteiger partial charge in [-0.1, -0.05) is 17.3 Å². The predicted octanol–water partition coefficient (Wildman–Crippen LogP) is 3.00. The summed E-state index contributed by atoms with van der Waals surface area (Å²) in [6.07, 6.45) is 5.44. The molecule has 3 aromatic rings. The molecule has 0 bridgehead atoms. The van der Waals surface area contributed by atoms with Crippen LogP contribution in [0.5, 0.6) is 11.5 Å². The van der Waals surface area contributed by atoms with E-state index in [1.165, 1.54) is 26.4 Å². The van der Waals surface area contributed by atoms with Crippen molar-refractivity contribution in [1.82, 2.24) is 4.57 Å². The lowest BCUT2D eigenvalue weighted by Gasteiger charge is -2.07. The van der Waals surface area contributed by atoms with Gasteiger partial charge in [-0.2, -0.15) is 4.99 Å². The molecule has 28 heavy (non-hydrogen) atoms. The van der Waals surface area contributed by atoms with Crippen molar-refractivity contribution in [3.05, 3.63) is 56.9 Å². The number of carbonyl (C=O) groups is 1. The number of hydrogen-bond donors (Lipinski definition) is 0. The molecule has 0 aliphatic rings. The summed E-state index contributed by atoms with van der Waals surface area (Å²) in [5.74, 6) is 2.87. The van der Waals surface area contributed by atoms with Crippen molar-refractivity contribution in [2.24, 2.45) is 4.99 Å². The molecule has 1 heterocycles. The van der Waals surface area contributed by atoms with Crippen LogP contribution in [0.1, 0.15) is 10.4 Å². The number of aromatic nitrogens is 1. The largest absolute Gasteiger partial charge is 0.497 e. The Morgan fingerprint density at radius 3 is 2.71 bits per heavy atom. The monoisotopic (exact) mass is 397 g/mol. The van der Waals surface area contributed by atoms with Gasteiger partial charge in [-0.15, -0.1) is 6.42 Å². The number of nitro groups is 1. The molecule has 0 saturated heterocycles. The zero-order chi connectivity index (χ0) is 20.3. The standard InChI is InChI=1S/C19H15N3O5S/c1-4-9-21-15-8-5-12(22(24)25)10-17(15)28-19(21)20-18(23)14-7-6-13(26-2)11-16(14)27-3/h1,5-8,10-11H,9H2,2-3H3. The average molecular weight is 397 g/mol. The fourth-order valence-electron chi connectivity index (χ4n) is 2.63. The van der Waals surface area contributed by atoms with Crippen LogP contribution in [0.2, 0.25) is 0 Å². The number of non-ortho nitro benzene ring substituents is 1. The molecule has 1 amide bonds. The molecule has 1 aromatic heterocycles. The summed E-state index contributed by atoms with van der Waals surface area (Å²) < 4.78 is 12.7. The summed E-state index contributed by atoms with van der Waals surface area (Å²) in [5.41, 5.74) is 0.886. The zero-order valence-corrected chi connectivity index (χ0v) is 15.9. The van der Waals surface area contributed by atoms with Crippen LogP contribution in [0.15, 0.2) is 41.4 Å². The minimum Gasteiger partial charge on any atom is -0.497 e. The maximum Gasteiger partial charge on any atom is 0.283 e. The first-order valence-corrected chi connectivity index (χ1v) is 8.82. The number of nitrogens with zero attached hydrogens (tertiary/aromatic N) is 3. The maximum atomic E-state index is 12.7. The normalized spacial score (nSPS) is 11.2.